The fourth-order valence-corrected chi connectivity index (χ4v) is 1.36. The lowest BCUT2D eigenvalue weighted by Gasteiger charge is -2.06. The largest absolute Gasteiger partial charge is 0.437 e. The van der Waals surface area contributed by atoms with E-state index < -0.39 is 5.82 Å². The van der Waals surface area contributed by atoms with Crippen LogP contribution in [0.25, 0.3) is 0 Å². The van der Waals surface area contributed by atoms with Gasteiger partial charge in [-0.1, -0.05) is 17.7 Å². The van der Waals surface area contributed by atoms with Crippen LogP contribution in [0.4, 0.5) is 10.2 Å². The second-order valence-electron chi connectivity index (χ2n) is 3.08. The van der Waals surface area contributed by atoms with E-state index in [4.69, 9.17) is 22.1 Å². The zero-order valence-corrected chi connectivity index (χ0v) is 8.91. The quantitative estimate of drug-likeness (QED) is 0.874. The van der Waals surface area contributed by atoms with Crippen LogP contribution in [-0.2, 0) is 0 Å². The van der Waals surface area contributed by atoms with Crippen LogP contribution in [-0.4, -0.2) is 4.98 Å². The SMILES string of the molecule is Nc1cccc(Oc2ccc(F)cc2Cl)n1. The van der Waals surface area contributed by atoms with E-state index in [2.05, 4.69) is 4.98 Å². The Morgan fingerprint density at radius 3 is 2.75 bits per heavy atom. The summed E-state index contributed by atoms with van der Waals surface area (Å²) >= 11 is 5.80. The highest BCUT2D eigenvalue weighted by atomic mass is 35.5. The number of nitrogens with zero attached hydrogens (tertiary/aromatic N) is 1. The van der Waals surface area contributed by atoms with E-state index in [0.29, 0.717) is 17.4 Å². The molecule has 0 atom stereocenters. The fourth-order valence-electron chi connectivity index (χ4n) is 1.16. The van der Waals surface area contributed by atoms with Crippen LogP contribution < -0.4 is 10.5 Å². The molecule has 1 aromatic heterocycles. The minimum atomic E-state index is -0.419. The van der Waals surface area contributed by atoms with Crippen molar-refractivity contribution in [2.75, 3.05) is 5.73 Å². The van der Waals surface area contributed by atoms with Crippen molar-refractivity contribution >= 4 is 17.4 Å². The fraction of sp³-hybridized carbons (Fsp3) is 0. The number of rotatable bonds is 2. The van der Waals surface area contributed by atoms with Gasteiger partial charge in [-0.25, -0.2) is 4.39 Å². The van der Waals surface area contributed by atoms with Crippen LogP contribution in [0.1, 0.15) is 0 Å². The average Bonchev–Trinajstić information content (AvgIpc) is 2.22. The second kappa shape index (κ2) is 4.37. The molecule has 0 fully saturated rings. The molecule has 0 unspecified atom stereocenters. The monoisotopic (exact) mass is 238 g/mol. The number of hydrogen-bond acceptors (Lipinski definition) is 3. The summed E-state index contributed by atoms with van der Waals surface area (Å²) in [7, 11) is 0. The first-order valence-electron chi connectivity index (χ1n) is 4.50. The molecule has 2 N–H and O–H groups in total. The van der Waals surface area contributed by atoms with Gasteiger partial charge in [0.25, 0.3) is 0 Å². The molecule has 1 heterocycles. The average molecular weight is 239 g/mol. The van der Waals surface area contributed by atoms with Crippen LogP contribution in [0.2, 0.25) is 5.02 Å². The third-order valence-electron chi connectivity index (χ3n) is 1.85. The number of benzene rings is 1. The van der Waals surface area contributed by atoms with E-state index in [9.17, 15) is 4.39 Å². The predicted octanol–water partition coefficient (Wildman–Crippen LogP) is 3.25. The molecule has 2 aromatic rings. The predicted molar refractivity (Wildman–Crippen MR) is 60.1 cm³/mol. The highest BCUT2D eigenvalue weighted by molar-refractivity contribution is 6.32. The molecule has 0 saturated heterocycles. The molecule has 0 aliphatic rings. The Morgan fingerprint density at radius 1 is 1.25 bits per heavy atom. The number of nitrogen functional groups attached to an aromatic ring is 1. The summed E-state index contributed by atoms with van der Waals surface area (Å²) in [6.45, 7) is 0. The molecule has 1 aromatic carbocycles. The number of nitrogens with two attached hydrogens (primary N) is 1. The topological polar surface area (TPSA) is 48.1 Å². The van der Waals surface area contributed by atoms with Crippen LogP contribution in [0.3, 0.4) is 0 Å². The van der Waals surface area contributed by atoms with Gasteiger partial charge in [-0.3, -0.25) is 0 Å². The lowest BCUT2D eigenvalue weighted by Crippen LogP contribution is -1.93. The first-order valence-corrected chi connectivity index (χ1v) is 4.88. The Balaban J connectivity index is 2.27. The molecule has 16 heavy (non-hydrogen) atoms. The van der Waals surface area contributed by atoms with Crippen LogP contribution in [0.5, 0.6) is 11.6 Å². The van der Waals surface area contributed by atoms with Crippen molar-refractivity contribution in [1.82, 2.24) is 4.98 Å². The smallest absolute Gasteiger partial charge is 0.221 e. The van der Waals surface area contributed by atoms with Gasteiger partial charge < -0.3 is 10.5 Å². The highest BCUT2D eigenvalue weighted by Gasteiger charge is 2.05. The number of anilines is 1. The van der Waals surface area contributed by atoms with Crippen molar-refractivity contribution in [3.8, 4) is 11.6 Å². The molecule has 0 aliphatic heterocycles. The lowest BCUT2D eigenvalue weighted by atomic mass is 10.3. The third kappa shape index (κ3) is 2.41. The Bertz CT molecular complexity index is 519. The van der Waals surface area contributed by atoms with Crippen LogP contribution in [0.15, 0.2) is 36.4 Å². The molecule has 0 aliphatic carbocycles. The van der Waals surface area contributed by atoms with Crippen molar-refractivity contribution in [2.24, 2.45) is 0 Å². The van der Waals surface area contributed by atoms with E-state index in [1.807, 2.05) is 0 Å². The molecule has 82 valence electrons. The van der Waals surface area contributed by atoms with Crippen molar-refractivity contribution in [1.29, 1.82) is 0 Å². The Labute approximate surface area is 96.6 Å². The Morgan fingerprint density at radius 2 is 2.06 bits per heavy atom. The zero-order chi connectivity index (χ0) is 11.5. The van der Waals surface area contributed by atoms with Gasteiger partial charge in [0.05, 0.1) is 5.02 Å². The first-order chi connectivity index (χ1) is 7.65. The van der Waals surface area contributed by atoms with Crippen molar-refractivity contribution in [3.63, 3.8) is 0 Å². The minimum absolute atomic E-state index is 0.184. The van der Waals surface area contributed by atoms with Gasteiger partial charge in [-0.2, -0.15) is 4.98 Å². The lowest BCUT2D eigenvalue weighted by molar-refractivity contribution is 0.462. The van der Waals surface area contributed by atoms with Gasteiger partial charge in [0.15, 0.2) is 0 Å². The maximum atomic E-state index is 12.8. The van der Waals surface area contributed by atoms with E-state index in [1.54, 1.807) is 18.2 Å². The molecule has 0 bridgehead atoms. The molecular formula is C11H8ClFN2O. The van der Waals surface area contributed by atoms with Crippen molar-refractivity contribution in [2.45, 2.75) is 0 Å². The summed E-state index contributed by atoms with van der Waals surface area (Å²) in [5, 5.41) is 0.184. The summed E-state index contributed by atoms with van der Waals surface area (Å²) < 4.78 is 18.1. The molecule has 0 radical (unpaired) electrons. The summed E-state index contributed by atoms with van der Waals surface area (Å²) in [5.41, 5.74) is 5.49. The van der Waals surface area contributed by atoms with Crippen molar-refractivity contribution < 1.29 is 9.13 Å². The maximum Gasteiger partial charge on any atom is 0.221 e. The molecule has 0 amide bonds. The van der Waals surface area contributed by atoms with Gasteiger partial charge in [0.2, 0.25) is 5.88 Å². The van der Waals surface area contributed by atoms with Gasteiger partial charge in [-0.15, -0.1) is 0 Å². The second-order valence-corrected chi connectivity index (χ2v) is 3.48. The third-order valence-corrected chi connectivity index (χ3v) is 2.15. The number of aromatic nitrogens is 1. The molecule has 0 saturated carbocycles. The molecule has 0 spiro atoms. The Kier molecular flexibility index (Phi) is 2.92. The van der Waals surface area contributed by atoms with Gasteiger partial charge in [0.1, 0.15) is 17.4 Å². The van der Waals surface area contributed by atoms with E-state index in [0.717, 1.165) is 0 Å². The number of pyridine rings is 1. The summed E-state index contributed by atoms with van der Waals surface area (Å²) in [6.07, 6.45) is 0. The molecule has 2 rings (SSSR count). The van der Waals surface area contributed by atoms with E-state index in [-0.39, 0.29) is 5.02 Å². The van der Waals surface area contributed by atoms with Crippen LogP contribution in [0, 0.1) is 5.82 Å². The van der Waals surface area contributed by atoms with E-state index in [1.165, 1.54) is 18.2 Å². The van der Waals surface area contributed by atoms with Gasteiger partial charge in [-0.05, 0) is 24.3 Å². The standard InChI is InChI=1S/C11H8ClFN2O/c12-8-6-7(13)4-5-9(8)16-11-3-1-2-10(14)15-11/h1-6H,(H2,14,15). The molecule has 5 heteroatoms. The van der Waals surface area contributed by atoms with Crippen LogP contribution >= 0.6 is 11.6 Å². The van der Waals surface area contributed by atoms with Crippen molar-refractivity contribution in [3.05, 3.63) is 47.2 Å². The molecule has 3 nitrogen and oxygen atoms in total. The van der Waals surface area contributed by atoms with E-state index >= 15 is 0 Å². The number of ether oxygens (including phenoxy) is 1. The number of halogens is 2. The van der Waals surface area contributed by atoms with Gasteiger partial charge in [0, 0.05) is 6.07 Å². The molecular weight excluding hydrogens is 231 g/mol. The summed E-state index contributed by atoms with van der Waals surface area (Å²) in [6, 6.07) is 8.84. The number of hydrogen-bond donors (Lipinski definition) is 1. The van der Waals surface area contributed by atoms with Gasteiger partial charge >= 0.3 is 0 Å². The first kappa shape index (κ1) is 10.7. The minimum Gasteiger partial charge on any atom is -0.437 e. The normalized spacial score (nSPS) is 10.1. The highest BCUT2D eigenvalue weighted by Crippen LogP contribution is 2.28. The summed E-state index contributed by atoms with van der Waals surface area (Å²) in [4.78, 5) is 3.94. The zero-order valence-electron chi connectivity index (χ0n) is 8.15. The Hall–Kier alpha value is -1.81. The maximum absolute atomic E-state index is 12.8. The summed E-state index contributed by atoms with van der Waals surface area (Å²) in [5.74, 6) is 0.572.